The van der Waals surface area contributed by atoms with Gasteiger partial charge < -0.3 is 18.9 Å². The van der Waals surface area contributed by atoms with Gasteiger partial charge in [0.15, 0.2) is 16.3 Å². The molecule has 0 aliphatic carbocycles. The fourth-order valence-electron chi connectivity index (χ4n) is 4.82. The van der Waals surface area contributed by atoms with Crippen LogP contribution in [0.1, 0.15) is 36.6 Å². The molecule has 15 heteroatoms. The molecule has 1 aliphatic rings. The van der Waals surface area contributed by atoms with Gasteiger partial charge in [-0.2, -0.15) is 13.2 Å². The molecule has 0 N–H and O–H groups in total. The van der Waals surface area contributed by atoms with Crippen molar-refractivity contribution in [3.63, 3.8) is 0 Å². The minimum absolute atomic E-state index is 0.120. The zero-order valence-electron chi connectivity index (χ0n) is 25.1. The van der Waals surface area contributed by atoms with Crippen molar-refractivity contribution in [2.24, 2.45) is 4.99 Å². The van der Waals surface area contributed by atoms with Gasteiger partial charge >= 0.3 is 17.8 Å². The molecule has 47 heavy (non-hydrogen) atoms. The van der Waals surface area contributed by atoms with Crippen molar-refractivity contribution in [2.75, 3.05) is 20.3 Å². The number of halogens is 3. The maximum Gasteiger partial charge on any atom is 0.416 e. The molecule has 1 atom stereocenters. The molecule has 0 saturated carbocycles. The summed E-state index contributed by atoms with van der Waals surface area (Å²) in [4.78, 5) is 41.8. The summed E-state index contributed by atoms with van der Waals surface area (Å²) in [7, 11) is 1.23. The number of hydrogen-bond donors (Lipinski definition) is 0. The van der Waals surface area contributed by atoms with Gasteiger partial charge in [-0.1, -0.05) is 29.5 Å². The van der Waals surface area contributed by atoms with Crippen molar-refractivity contribution in [3.05, 3.63) is 119 Å². The van der Waals surface area contributed by atoms with E-state index in [0.717, 1.165) is 17.4 Å². The van der Waals surface area contributed by atoms with Crippen LogP contribution in [0.4, 0.5) is 18.9 Å². The number of alkyl halides is 3. The molecule has 0 saturated heterocycles. The maximum absolute atomic E-state index is 13.8. The monoisotopic (exact) mass is 669 g/mol. The first kappa shape index (κ1) is 32.9. The Bertz CT molecular complexity index is 2050. The average molecular weight is 670 g/mol. The van der Waals surface area contributed by atoms with Crippen LogP contribution in [0, 0.1) is 10.1 Å². The van der Waals surface area contributed by atoms with Crippen LogP contribution < -0.4 is 29.1 Å². The second-order valence-electron chi connectivity index (χ2n) is 9.86. The van der Waals surface area contributed by atoms with Crippen LogP contribution >= 0.6 is 11.3 Å². The highest BCUT2D eigenvalue weighted by Gasteiger charge is 2.34. The first-order chi connectivity index (χ1) is 22.4. The lowest BCUT2D eigenvalue weighted by atomic mass is 9.97. The van der Waals surface area contributed by atoms with E-state index < -0.39 is 39.9 Å². The van der Waals surface area contributed by atoms with Crippen molar-refractivity contribution in [1.29, 1.82) is 0 Å². The summed E-state index contributed by atoms with van der Waals surface area (Å²) in [5.74, 6) is 0.0411. The summed E-state index contributed by atoms with van der Waals surface area (Å²) >= 11 is 1.10. The van der Waals surface area contributed by atoms with Crippen molar-refractivity contribution in [3.8, 4) is 23.0 Å². The van der Waals surface area contributed by atoms with Gasteiger partial charge in [0.2, 0.25) is 5.75 Å². The van der Waals surface area contributed by atoms with Gasteiger partial charge in [-0.15, -0.1) is 0 Å². The number of rotatable bonds is 10. The van der Waals surface area contributed by atoms with Gasteiger partial charge in [0.25, 0.3) is 5.56 Å². The van der Waals surface area contributed by atoms with Gasteiger partial charge in [-0.3, -0.25) is 19.5 Å². The molecule has 0 radical (unpaired) electrons. The molecule has 0 spiro atoms. The van der Waals surface area contributed by atoms with E-state index in [0.29, 0.717) is 52.8 Å². The average Bonchev–Trinajstić information content (AvgIpc) is 3.36. The van der Waals surface area contributed by atoms with E-state index in [1.807, 2.05) is 13.8 Å². The lowest BCUT2D eigenvalue weighted by Crippen LogP contribution is -2.39. The van der Waals surface area contributed by atoms with E-state index in [-0.39, 0.29) is 21.6 Å². The first-order valence-electron chi connectivity index (χ1n) is 14.1. The SMILES string of the molecule is CCOc1ccc([C@@H]2C(C(=O)OC)=CN=c3s/c(=C\c4ccc(Oc5ccc(C(F)(F)F)cc5[N+](=O)[O-])cc4)c(=O)n32)cc1OCC. The third kappa shape index (κ3) is 6.89. The Morgan fingerprint density at radius 1 is 1.02 bits per heavy atom. The highest BCUT2D eigenvalue weighted by molar-refractivity contribution is 7.07. The van der Waals surface area contributed by atoms with Gasteiger partial charge in [0.05, 0.1) is 47.0 Å². The number of carbonyl (C=O) groups is 1. The molecule has 3 aromatic carbocycles. The Kier molecular flexibility index (Phi) is 9.46. The number of nitro groups is 1. The van der Waals surface area contributed by atoms with Gasteiger partial charge in [-0.05, 0) is 67.4 Å². The minimum atomic E-state index is -4.76. The summed E-state index contributed by atoms with van der Waals surface area (Å²) in [5, 5.41) is 11.4. The molecule has 0 unspecified atom stereocenters. The second kappa shape index (κ2) is 13.5. The van der Waals surface area contributed by atoms with E-state index in [4.69, 9.17) is 18.9 Å². The van der Waals surface area contributed by atoms with Crippen LogP contribution in [0.3, 0.4) is 0 Å². The van der Waals surface area contributed by atoms with E-state index in [9.17, 15) is 32.9 Å². The number of nitro benzene ring substituents is 1. The molecule has 1 aliphatic heterocycles. The quantitative estimate of drug-likeness (QED) is 0.122. The summed E-state index contributed by atoms with van der Waals surface area (Å²) < 4.78 is 62.8. The molecular formula is C32H26F3N3O8S. The predicted molar refractivity (Wildman–Crippen MR) is 165 cm³/mol. The molecule has 4 aromatic rings. The molecule has 5 rings (SSSR count). The highest BCUT2D eigenvalue weighted by atomic mass is 32.1. The van der Waals surface area contributed by atoms with Crippen molar-refractivity contribution < 1.29 is 41.8 Å². The van der Waals surface area contributed by atoms with Gasteiger partial charge in [0.1, 0.15) is 5.75 Å². The number of aromatic nitrogens is 1. The lowest BCUT2D eigenvalue weighted by Gasteiger charge is -2.23. The number of hydrogen-bond acceptors (Lipinski definition) is 10. The fraction of sp³-hybridized carbons (Fsp3) is 0.219. The van der Waals surface area contributed by atoms with Crippen molar-refractivity contribution >= 4 is 29.1 Å². The van der Waals surface area contributed by atoms with Crippen LogP contribution in [0.5, 0.6) is 23.0 Å². The van der Waals surface area contributed by atoms with E-state index in [1.54, 1.807) is 36.4 Å². The smallest absolute Gasteiger partial charge is 0.416 e. The van der Waals surface area contributed by atoms with Gasteiger partial charge in [-0.25, -0.2) is 9.79 Å². The normalized spacial score (nSPS) is 14.5. The predicted octanol–water partition coefficient (Wildman–Crippen LogP) is 5.53. The minimum Gasteiger partial charge on any atom is -0.490 e. The zero-order chi connectivity index (χ0) is 33.9. The standard InChI is InChI=1S/C32H26F3N3O8S/c1-4-44-25-12-8-19(15-26(25)45-5-2)28-22(30(40)43-3)17-36-31-37(28)29(39)27(47-31)14-18-6-10-21(11-7-18)46-24-13-9-20(32(33,34)35)16-23(24)38(41)42/h6-17,28H,4-5H2,1-3H3/b27-14-/t28-/m1/s1. The highest BCUT2D eigenvalue weighted by Crippen LogP contribution is 2.38. The number of benzene rings is 3. The largest absolute Gasteiger partial charge is 0.490 e. The third-order valence-electron chi connectivity index (χ3n) is 6.90. The van der Waals surface area contributed by atoms with Crippen LogP contribution in [0.25, 0.3) is 6.08 Å². The molecule has 0 bridgehead atoms. The summed E-state index contributed by atoms with van der Waals surface area (Å²) in [6.07, 6.45) is -1.79. The number of carbonyl (C=O) groups excluding carboxylic acids is 1. The number of thiazole rings is 1. The Balaban J connectivity index is 1.50. The summed E-state index contributed by atoms with van der Waals surface area (Å²) in [5.41, 5.74) is -1.20. The van der Waals surface area contributed by atoms with E-state index in [1.165, 1.54) is 30.0 Å². The van der Waals surface area contributed by atoms with Crippen LogP contribution in [0.15, 0.2) is 82.2 Å². The summed E-state index contributed by atoms with van der Waals surface area (Å²) in [6, 6.07) is 12.3. The van der Waals surface area contributed by atoms with E-state index in [2.05, 4.69) is 4.99 Å². The van der Waals surface area contributed by atoms with Gasteiger partial charge in [0, 0.05) is 12.3 Å². The molecule has 11 nitrogen and oxygen atoms in total. The van der Waals surface area contributed by atoms with Crippen LogP contribution in [-0.2, 0) is 15.7 Å². The number of fused-ring (bicyclic) bond motifs is 1. The zero-order valence-corrected chi connectivity index (χ0v) is 25.9. The summed E-state index contributed by atoms with van der Waals surface area (Å²) in [6.45, 7) is 4.43. The lowest BCUT2D eigenvalue weighted by molar-refractivity contribution is -0.385. The number of nitrogens with zero attached hydrogens (tertiary/aromatic N) is 3. The second-order valence-corrected chi connectivity index (χ2v) is 10.9. The number of esters is 1. The Morgan fingerprint density at radius 2 is 1.70 bits per heavy atom. The van der Waals surface area contributed by atoms with Crippen molar-refractivity contribution in [1.82, 2.24) is 4.57 Å². The first-order valence-corrected chi connectivity index (χ1v) is 14.9. The third-order valence-corrected chi connectivity index (χ3v) is 7.89. The Morgan fingerprint density at radius 3 is 2.34 bits per heavy atom. The fourth-order valence-corrected chi connectivity index (χ4v) is 5.79. The Labute approximate surface area is 268 Å². The number of methoxy groups -OCH3 is 1. The van der Waals surface area contributed by atoms with Crippen LogP contribution in [0.2, 0.25) is 0 Å². The maximum atomic E-state index is 13.8. The molecular weight excluding hydrogens is 643 g/mol. The molecule has 1 aromatic heterocycles. The topological polar surface area (TPSA) is 131 Å². The van der Waals surface area contributed by atoms with E-state index >= 15 is 0 Å². The van der Waals surface area contributed by atoms with Crippen LogP contribution in [-0.4, -0.2) is 35.8 Å². The number of ether oxygens (including phenoxy) is 4. The molecule has 0 fully saturated rings. The molecule has 2 heterocycles. The molecule has 244 valence electrons. The molecule has 0 amide bonds. The van der Waals surface area contributed by atoms with Crippen molar-refractivity contribution in [2.45, 2.75) is 26.1 Å². The Hall–Kier alpha value is -5.44.